The first-order valence-corrected chi connectivity index (χ1v) is 38.2. The number of aliphatic carboxylic acids is 2. The van der Waals surface area contributed by atoms with Crippen molar-refractivity contribution in [3.05, 3.63) is 182 Å². The van der Waals surface area contributed by atoms with Gasteiger partial charge in [-0.3, -0.25) is 28.8 Å². The fourth-order valence-electron chi connectivity index (χ4n) is 20.2. The summed E-state index contributed by atoms with van der Waals surface area (Å²) in [4.78, 5) is 99.7. The van der Waals surface area contributed by atoms with Gasteiger partial charge in [0.25, 0.3) is 0 Å². The Bertz CT molecular complexity index is 3310. The Balaban J connectivity index is 0.000000143. The van der Waals surface area contributed by atoms with Crippen molar-refractivity contribution in [3.8, 4) is 0 Å². The maximum absolute atomic E-state index is 13.6. The summed E-state index contributed by atoms with van der Waals surface area (Å²) >= 11 is 0. The first-order chi connectivity index (χ1) is 46.1. The molecule has 16 atom stereocenters. The fraction of sp³-hybridized carbons (Fsp3) is 0.476. The summed E-state index contributed by atoms with van der Waals surface area (Å²) in [5.74, 6) is 0.261. The third-order valence-electron chi connectivity index (χ3n) is 25.5. The molecule has 0 radical (unpaired) electrons. The first-order valence-electron chi connectivity index (χ1n) is 35.5. The third kappa shape index (κ3) is 15.2. The second-order valence-corrected chi connectivity index (χ2v) is 34.8. The van der Waals surface area contributed by atoms with E-state index in [0.717, 1.165) is 38.5 Å². The summed E-state index contributed by atoms with van der Waals surface area (Å²) in [7, 11) is -0.892. The molecule has 6 aromatic carbocycles. The molecule has 0 amide bonds. The van der Waals surface area contributed by atoms with E-state index < -0.39 is 38.6 Å². The molecule has 13 heteroatoms. The molecule has 8 fully saturated rings. The predicted molar refractivity (Wildman–Crippen MR) is 379 cm³/mol. The third-order valence-corrected chi connectivity index (χ3v) is 30.4. The smallest absolute Gasteiger partial charge is 0.550 e. The van der Waals surface area contributed by atoms with E-state index >= 15 is 0 Å². The molecule has 0 aliphatic heterocycles. The monoisotopic (exact) mass is 1520 g/mol. The topological polar surface area (TPSA) is 183 Å². The molecule has 14 rings (SSSR count). The Morgan fingerprint density at radius 2 is 0.670 bits per heavy atom. The average molecular weight is 1520 g/mol. The Morgan fingerprint density at radius 3 is 0.928 bits per heavy atom. The number of carbonyl (C=O) groups is 8. The molecule has 97 heavy (non-hydrogen) atoms. The van der Waals surface area contributed by atoms with Crippen molar-refractivity contribution >= 4 is 94.3 Å². The molecular formula is C84H96O10P2Pt. The van der Waals surface area contributed by atoms with Crippen LogP contribution in [-0.4, -0.2) is 46.6 Å². The van der Waals surface area contributed by atoms with E-state index in [-0.39, 0.29) is 150 Å². The summed E-state index contributed by atoms with van der Waals surface area (Å²) in [5.41, 5.74) is -1.25. The van der Waals surface area contributed by atoms with Crippen LogP contribution in [0.5, 0.6) is 0 Å². The normalized spacial score (nSPS) is 31.3. The minimum Gasteiger partial charge on any atom is -0.550 e. The number of carbonyl (C=O) groups excluding carboxylic acids is 8. The molecule has 0 bridgehead atoms. The van der Waals surface area contributed by atoms with Crippen LogP contribution in [0, 0.1) is 92.7 Å². The van der Waals surface area contributed by atoms with Gasteiger partial charge in [-0.25, -0.2) is 0 Å². The Morgan fingerprint density at radius 1 is 0.402 bits per heavy atom. The number of rotatable bonds is 14. The van der Waals surface area contributed by atoms with Gasteiger partial charge in [0.05, 0.1) is 0 Å². The molecule has 0 saturated heterocycles. The van der Waals surface area contributed by atoms with Gasteiger partial charge in [0.2, 0.25) is 0 Å². The van der Waals surface area contributed by atoms with Crippen LogP contribution in [0.25, 0.3) is 0 Å². The fourth-order valence-corrected chi connectivity index (χ4v) is 24.8. The van der Waals surface area contributed by atoms with E-state index in [9.17, 15) is 48.6 Å². The van der Waals surface area contributed by atoms with E-state index in [4.69, 9.17) is 0 Å². The summed E-state index contributed by atoms with van der Waals surface area (Å²) < 4.78 is 0. The van der Waals surface area contributed by atoms with Crippen LogP contribution in [0.4, 0.5) is 0 Å². The molecule has 12 unspecified atom stereocenters. The van der Waals surface area contributed by atoms with E-state index in [2.05, 4.69) is 210 Å². The van der Waals surface area contributed by atoms with Gasteiger partial charge in [-0.05, 0) is 182 Å². The molecule has 512 valence electrons. The van der Waals surface area contributed by atoms with E-state index in [1.165, 1.54) is 31.8 Å². The van der Waals surface area contributed by atoms with Gasteiger partial charge in [-0.2, -0.15) is 0 Å². The largest absolute Gasteiger partial charge is 2.00 e. The average Bonchev–Trinajstić information content (AvgIpc) is 1.39. The van der Waals surface area contributed by atoms with Crippen molar-refractivity contribution in [2.75, 3.05) is 0 Å². The quantitative estimate of drug-likeness (QED) is 0.0951. The Hall–Kier alpha value is -6.17. The van der Waals surface area contributed by atoms with Gasteiger partial charge >= 0.3 is 21.1 Å². The van der Waals surface area contributed by atoms with Gasteiger partial charge < -0.3 is 19.8 Å². The van der Waals surface area contributed by atoms with Gasteiger partial charge in [0, 0.05) is 86.0 Å². The van der Waals surface area contributed by atoms with Gasteiger partial charge in [0.15, 0.2) is 0 Å². The number of fused-ring (bicyclic) bond motifs is 10. The van der Waals surface area contributed by atoms with Crippen molar-refractivity contribution in [2.24, 2.45) is 92.7 Å². The minimum atomic E-state index is -1.04. The van der Waals surface area contributed by atoms with Crippen LogP contribution in [0.15, 0.2) is 182 Å². The van der Waals surface area contributed by atoms with Crippen molar-refractivity contribution in [1.29, 1.82) is 0 Å². The number of benzene rings is 6. The minimum absolute atomic E-state index is 0. The van der Waals surface area contributed by atoms with Gasteiger partial charge in [-0.1, -0.05) is 224 Å². The van der Waals surface area contributed by atoms with Crippen LogP contribution in [0.3, 0.4) is 0 Å². The number of hydrogen-bond acceptors (Lipinski definition) is 10. The summed E-state index contributed by atoms with van der Waals surface area (Å²) in [6, 6.07) is 64.7. The maximum atomic E-state index is 13.6. The van der Waals surface area contributed by atoms with Crippen LogP contribution >= 0.6 is 15.8 Å². The zero-order chi connectivity index (χ0) is 68.1. The molecule has 6 aromatic rings. The van der Waals surface area contributed by atoms with E-state index in [0.29, 0.717) is 64.2 Å². The van der Waals surface area contributed by atoms with Crippen LogP contribution in [0.2, 0.25) is 0 Å². The van der Waals surface area contributed by atoms with Crippen molar-refractivity contribution < 1.29 is 69.6 Å². The second kappa shape index (κ2) is 31.6. The number of carboxylic acids is 2. The standard InChI is InChI=1S/2C24H34O5.2C18H15P.Pt/c2*1-13(4-7-21(28)29)16-5-6-17-22-18(12-20(27)24(16,17)3)23(2)9-8-15(25)10-14(23)11-19(22)26;2*1-4-10-16(11-5-1)19(17-12-6-2-7-13-17)18-14-8-3-9-15-18;/h2*13-14,16-18,22H,4-12H2,1-3H3,(H,28,29);2*1-15H;/q;;;;+2/p-2/t2*13?,14?,16?,17?,18?,22?,23-,24+;;;/m00.../s1. The second-order valence-electron chi connectivity index (χ2n) is 30.4. The van der Waals surface area contributed by atoms with Crippen LogP contribution in [0.1, 0.15) is 157 Å². The van der Waals surface area contributed by atoms with Crippen molar-refractivity contribution in [3.63, 3.8) is 0 Å². The van der Waals surface area contributed by atoms with Crippen LogP contribution in [-0.2, 0) is 59.4 Å². The van der Waals surface area contributed by atoms with E-state index in [1.54, 1.807) is 0 Å². The predicted octanol–water partition coefficient (Wildman–Crippen LogP) is 12.4. The Labute approximate surface area is 591 Å². The number of Topliss-reactive ketones (excluding diaryl/α,β-unsaturated/α-hetero) is 6. The Kier molecular flexibility index (Phi) is 23.9. The van der Waals surface area contributed by atoms with Gasteiger partial charge in [-0.15, -0.1) is 0 Å². The molecule has 0 N–H and O–H groups in total. The SMILES string of the molecule is CC(CCC(=O)[O-])C1CCC2C3C(=O)CC4CC(=O)CC[C@]4(C)C3CC(=O)[C@]12C.CC(CCC(=O)[O-])C1CCC2C3C(=O)CC4CC(=O)CC[C@]4(C)C3CC(=O)[C@]12C.[Pt+2].c1ccc(P(c2ccccc2)c2ccccc2)cc1.c1ccc(P(c2ccccc2)c2ccccc2)cc1. The molecule has 8 aliphatic carbocycles. The summed E-state index contributed by atoms with van der Waals surface area (Å²) in [6.07, 6.45) is 10.2. The van der Waals surface area contributed by atoms with Gasteiger partial charge in [0.1, 0.15) is 34.7 Å². The van der Waals surface area contributed by atoms with Crippen molar-refractivity contribution in [2.45, 2.75) is 157 Å². The zero-order valence-electron chi connectivity index (χ0n) is 57.3. The molecular weight excluding hydrogens is 1430 g/mol. The number of ketones is 6. The number of hydrogen-bond donors (Lipinski definition) is 0. The molecule has 0 aromatic heterocycles. The molecule has 8 saturated carbocycles. The molecule has 10 nitrogen and oxygen atoms in total. The first kappa shape index (κ1) is 73.5. The van der Waals surface area contributed by atoms with E-state index in [1.807, 2.05) is 13.8 Å². The zero-order valence-corrected chi connectivity index (χ0v) is 61.3. The summed E-state index contributed by atoms with van der Waals surface area (Å²) in [6.45, 7) is 12.6. The van der Waals surface area contributed by atoms with Crippen molar-refractivity contribution in [1.82, 2.24) is 0 Å². The summed E-state index contributed by atoms with van der Waals surface area (Å²) in [5, 5.41) is 30.2. The molecule has 0 spiro atoms. The molecule has 0 heterocycles. The van der Waals surface area contributed by atoms with Crippen LogP contribution < -0.4 is 42.0 Å². The molecule has 8 aliphatic rings. The number of carboxylic acid groups (broad SMARTS) is 2. The maximum Gasteiger partial charge on any atom is 2.00 e.